The van der Waals surface area contributed by atoms with Crippen molar-refractivity contribution in [3.05, 3.63) is 94.5 Å². The molecule has 2 aliphatic heterocycles. The van der Waals surface area contributed by atoms with E-state index < -0.39 is 17.9 Å². The Hall–Kier alpha value is -4.33. The molecule has 3 aromatic carbocycles. The first-order valence-electron chi connectivity index (χ1n) is 12.8. The van der Waals surface area contributed by atoms with Crippen LogP contribution in [0.2, 0.25) is 0 Å². The van der Waals surface area contributed by atoms with Crippen molar-refractivity contribution in [2.75, 3.05) is 18.6 Å². The molecule has 5 rings (SSSR count). The van der Waals surface area contributed by atoms with E-state index in [0.717, 1.165) is 25.1 Å². The molecule has 0 radical (unpaired) electrons. The number of ether oxygens (including phenoxy) is 2. The smallest absolute Gasteiger partial charge is 0.305 e. The minimum absolute atomic E-state index is 0.00610. The van der Waals surface area contributed by atoms with Crippen LogP contribution in [0.15, 0.2) is 66.7 Å². The molecule has 0 spiro atoms. The third-order valence-electron chi connectivity index (χ3n) is 7.28. The van der Waals surface area contributed by atoms with Crippen molar-refractivity contribution in [1.29, 1.82) is 0 Å². The summed E-state index contributed by atoms with van der Waals surface area (Å²) in [6.45, 7) is 2.42. The van der Waals surface area contributed by atoms with Gasteiger partial charge in [0.15, 0.2) is 0 Å². The van der Waals surface area contributed by atoms with Crippen molar-refractivity contribution >= 4 is 23.5 Å². The Kier molecular flexibility index (Phi) is 7.31. The van der Waals surface area contributed by atoms with Gasteiger partial charge in [0.1, 0.15) is 18.4 Å². The van der Waals surface area contributed by atoms with E-state index in [1.165, 1.54) is 28.8 Å². The lowest BCUT2D eigenvalue weighted by molar-refractivity contribution is -0.141. The summed E-state index contributed by atoms with van der Waals surface area (Å²) in [7, 11) is 1.28. The van der Waals surface area contributed by atoms with E-state index in [0.29, 0.717) is 23.5 Å². The van der Waals surface area contributed by atoms with E-state index in [2.05, 4.69) is 58.2 Å². The fraction of sp³-hybridized carbons (Fsp3) is 0.300. The summed E-state index contributed by atoms with van der Waals surface area (Å²) in [5.41, 5.74) is 11.7. The molecular weight excluding hydrogens is 482 g/mol. The van der Waals surface area contributed by atoms with Crippen molar-refractivity contribution in [2.45, 2.75) is 45.0 Å². The second-order valence-corrected chi connectivity index (χ2v) is 9.65. The fourth-order valence-corrected chi connectivity index (χ4v) is 5.21. The first kappa shape index (κ1) is 25.3. The number of nitrogens with zero attached hydrogens (tertiary/aromatic N) is 2. The van der Waals surface area contributed by atoms with E-state index in [9.17, 15) is 14.4 Å². The maximum absolute atomic E-state index is 13.1. The Labute approximate surface area is 221 Å². The zero-order valence-corrected chi connectivity index (χ0v) is 21.4. The number of esters is 1. The van der Waals surface area contributed by atoms with Gasteiger partial charge < -0.3 is 25.0 Å². The monoisotopic (exact) mass is 513 g/mol. The quantitative estimate of drug-likeness (QED) is 0.416. The normalized spacial score (nSPS) is 14.7. The number of methoxy groups -OCH3 is 1. The standard InChI is InChI=1S/C30H31N3O5/c1-37-28(34)14-13-26(29(31)35)33-18-24-23(30(33)36)6-4-8-27(24)38-19-21-11-9-20(10-12-21)17-32-16-15-22-5-2-3-7-25(22)32/h2-12,26H,13-19H2,1H3,(H2,31,35). The van der Waals surface area contributed by atoms with Gasteiger partial charge in [0.25, 0.3) is 5.91 Å². The molecule has 0 saturated carbocycles. The topological polar surface area (TPSA) is 102 Å². The van der Waals surface area contributed by atoms with Crippen LogP contribution in [0.25, 0.3) is 0 Å². The van der Waals surface area contributed by atoms with Gasteiger partial charge in [0.2, 0.25) is 5.91 Å². The van der Waals surface area contributed by atoms with Gasteiger partial charge in [-0.2, -0.15) is 0 Å². The van der Waals surface area contributed by atoms with Crippen LogP contribution in [0.5, 0.6) is 5.75 Å². The Morgan fingerprint density at radius 1 is 1.00 bits per heavy atom. The summed E-state index contributed by atoms with van der Waals surface area (Å²) in [4.78, 5) is 40.6. The molecule has 2 aliphatic rings. The van der Waals surface area contributed by atoms with Crippen LogP contribution in [-0.4, -0.2) is 42.4 Å². The number of amides is 2. The van der Waals surface area contributed by atoms with Crippen molar-refractivity contribution in [3.63, 3.8) is 0 Å². The molecule has 8 heteroatoms. The first-order valence-corrected chi connectivity index (χ1v) is 12.8. The van der Waals surface area contributed by atoms with Crippen LogP contribution >= 0.6 is 0 Å². The predicted octanol–water partition coefficient (Wildman–Crippen LogP) is 3.59. The van der Waals surface area contributed by atoms with E-state index >= 15 is 0 Å². The summed E-state index contributed by atoms with van der Waals surface area (Å²) in [6, 6.07) is 21.3. The van der Waals surface area contributed by atoms with Crippen LogP contribution in [-0.2, 0) is 40.4 Å². The fourth-order valence-electron chi connectivity index (χ4n) is 5.21. The summed E-state index contributed by atoms with van der Waals surface area (Å²) in [6.07, 6.45) is 1.18. The number of para-hydroxylation sites is 1. The molecule has 0 saturated heterocycles. The molecular formula is C30H31N3O5. The van der Waals surface area contributed by atoms with Gasteiger partial charge in [-0.15, -0.1) is 0 Å². The number of nitrogens with two attached hydrogens (primary N) is 1. The van der Waals surface area contributed by atoms with Crippen molar-refractivity contribution < 1.29 is 23.9 Å². The minimum atomic E-state index is -0.906. The maximum atomic E-state index is 13.1. The van der Waals surface area contributed by atoms with Crippen LogP contribution < -0.4 is 15.4 Å². The van der Waals surface area contributed by atoms with Gasteiger partial charge in [-0.3, -0.25) is 14.4 Å². The SMILES string of the molecule is COC(=O)CCC(C(N)=O)N1Cc2c(OCc3ccc(CN4CCc5ccccc54)cc3)cccc2C1=O. The lowest BCUT2D eigenvalue weighted by Crippen LogP contribution is -2.45. The van der Waals surface area contributed by atoms with Gasteiger partial charge in [-0.1, -0.05) is 48.5 Å². The summed E-state index contributed by atoms with van der Waals surface area (Å²) in [5, 5.41) is 0. The average Bonchev–Trinajstić information content (AvgIpc) is 3.49. The van der Waals surface area contributed by atoms with E-state index in [1.54, 1.807) is 12.1 Å². The number of carbonyl (C=O) groups is 3. The third kappa shape index (κ3) is 5.20. The Morgan fingerprint density at radius 3 is 2.53 bits per heavy atom. The molecule has 1 unspecified atom stereocenters. The molecule has 1 atom stereocenters. The molecule has 2 amide bonds. The second-order valence-electron chi connectivity index (χ2n) is 9.65. The van der Waals surface area contributed by atoms with Crippen molar-refractivity contribution in [1.82, 2.24) is 4.90 Å². The molecule has 0 fully saturated rings. The van der Waals surface area contributed by atoms with E-state index in [4.69, 9.17) is 10.5 Å². The number of rotatable bonds is 10. The van der Waals surface area contributed by atoms with Crippen molar-refractivity contribution in [2.24, 2.45) is 5.73 Å². The van der Waals surface area contributed by atoms with E-state index in [1.807, 2.05) is 6.07 Å². The molecule has 0 aromatic heterocycles. The number of anilines is 1. The van der Waals surface area contributed by atoms with Crippen LogP contribution in [0.3, 0.4) is 0 Å². The number of fused-ring (bicyclic) bond motifs is 2. The van der Waals surface area contributed by atoms with Crippen LogP contribution in [0.1, 0.15) is 45.5 Å². The third-order valence-corrected chi connectivity index (χ3v) is 7.28. The summed E-state index contributed by atoms with van der Waals surface area (Å²) in [5.74, 6) is -0.824. The zero-order chi connectivity index (χ0) is 26.6. The molecule has 38 heavy (non-hydrogen) atoms. The van der Waals surface area contributed by atoms with Gasteiger partial charge in [-0.05, 0) is 47.7 Å². The lowest BCUT2D eigenvalue weighted by Gasteiger charge is -2.24. The Morgan fingerprint density at radius 2 is 1.76 bits per heavy atom. The van der Waals surface area contributed by atoms with Gasteiger partial charge in [0, 0.05) is 36.3 Å². The van der Waals surface area contributed by atoms with Gasteiger partial charge in [0.05, 0.1) is 13.7 Å². The van der Waals surface area contributed by atoms with Crippen molar-refractivity contribution in [3.8, 4) is 5.75 Å². The highest BCUT2D eigenvalue weighted by atomic mass is 16.5. The number of benzene rings is 3. The number of primary amides is 1. The highest BCUT2D eigenvalue weighted by Gasteiger charge is 2.37. The molecule has 0 aliphatic carbocycles. The number of hydrogen-bond acceptors (Lipinski definition) is 6. The minimum Gasteiger partial charge on any atom is -0.489 e. The highest BCUT2D eigenvalue weighted by Crippen LogP contribution is 2.33. The molecule has 3 aromatic rings. The highest BCUT2D eigenvalue weighted by molar-refractivity contribution is 6.01. The van der Waals surface area contributed by atoms with E-state index in [-0.39, 0.29) is 25.3 Å². The first-order chi connectivity index (χ1) is 18.4. The van der Waals surface area contributed by atoms with Crippen LogP contribution in [0, 0.1) is 0 Å². The Balaban J connectivity index is 1.23. The summed E-state index contributed by atoms with van der Waals surface area (Å²) < 4.78 is 10.8. The largest absolute Gasteiger partial charge is 0.489 e. The van der Waals surface area contributed by atoms with Gasteiger partial charge >= 0.3 is 5.97 Å². The number of hydrogen-bond donors (Lipinski definition) is 1. The van der Waals surface area contributed by atoms with Gasteiger partial charge in [-0.25, -0.2) is 0 Å². The van der Waals surface area contributed by atoms with Crippen LogP contribution in [0.4, 0.5) is 5.69 Å². The number of carbonyl (C=O) groups excluding carboxylic acids is 3. The predicted molar refractivity (Wildman–Crippen MR) is 143 cm³/mol. The molecule has 196 valence electrons. The lowest BCUT2D eigenvalue weighted by atomic mass is 10.1. The average molecular weight is 514 g/mol. The zero-order valence-electron chi connectivity index (χ0n) is 21.4. The maximum Gasteiger partial charge on any atom is 0.305 e. The molecule has 2 N–H and O–H groups in total. The second kappa shape index (κ2) is 11.0. The molecule has 8 nitrogen and oxygen atoms in total. The molecule has 0 bridgehead atoms. The molecule has 2 heterocycles. The Bertz CT molecular complexity index is 1350. The summed E-state index contributed by atoms with van der Waals surface area (Å²) >= 11 is 0.